The highest BCUT2D eigenvalue weighted by atomic mass is 32.2. The lowest BCUT2D eigenvalue weighted by molar-refractivity contribution is 0.490. The van der Waals surface area contributed by atoms with E-state index >= 15 is 0 Å². The van der Waals surface area contributed by atoms with Gasteiger partial charge in [0.05, 0.1) is 5.75 Å². The van der Waals surface area contributed by atoms with Crippen molar-refractivity contribution in [2.24, 2.45) is 0 Å². The number of nitrogen functional groups attached to an aromatic ring is 1. The number of nitrogens with zero attached hydrogens (tertiary/aromatic N) is 1. The van der Waals surface area contributed by atoms with Crippen molar-refractivity contribution in [1.29, 1.82) is 0 Å². The maximum atomic E-state index is 11.0. The van der Waals surface area contributed by atoms with E-state index in [-0.39, 0.29) is 5.75 Å². The standard InChI is InChI=1S/C10H12N2O3S2/c1-17(13,14)5-4-16-10-12-8-3-2-7(11)6-9(8)15-10/h2-3,6H,4-5,11H2,1H3. The van der Waals surface area contributed by atoms with E-state index in [0.717, 1.165) is 5.52 Å². The molecule has 7 heteroatoms. The van der Waals surface area contributed by atoms with E-state index in [0.29, 0.717) is 22.2 Å². The van der Waals surface area contributed by atoms with Gasteiger partial charge in [0.2, 0.25) is 0 Å². The molecule has 0 unspecified atom stereocenters. The summed E-state index contributed by atoms with van der Waals surface area (Å²) in [5.74, 6) is 0.541. The molecule has 2 N–H and O–H groups in total. The van der Waals surface area contributed by atoms with E-state index in [2.05, 4.69) is 4.98 Å². The second kappa shape index (κ2) is 4.58. The summed E-state index contributed by atoms with van der Waals surface area (Å²) in [7, 11) is -2.94. The molecule has 0 atom stereocenters. The van der Waals surface area contributed by atoms with Gasteiger partial charge in [0, 0.05) is 23.8 Å². The first-order chi connectivity index (χ1) is 7.94. The number of benzene rings is 1. The highest BCUT2D eigenvalue weighted by Crippen LogP contribution is 2.24. The number of thioether (sulfide) groups is 1. The summed E-state index contributed by atoms with van der Waals surface area (Å²) in [5, 5.41) is 0.467. The molecule has 0 bridgehead atoms. The molecule has 0 aliphatic heterocycles. The minimum absolute atomic E-state index is 0.110. The molecule has 17 heavy (non-hydrogen) atoms. The van der Waals surface area contributed by atoms with Crippen molar-refractivity contribution in [3.8, 4) is 0 Å². The third kappa shape index (κ3) is 3.37. The van der Waals surface area contributed by atoms with Crippen molar-refractivity contribution < 1.29 is 12.8 Å². The van der Waals surface area contributed by atoms with Gasteiger partial charge in [-0.15, -0.1) is 0 Å². The zero-order valence-electron chi connectivity index (χ0n) is 9.21. The summed E-state index contributed by atoms with van der Waals surface area (Å²) >= 11 is 1.28. The topological polar surface area (TPSA) is 86.2 Å². The average Bonchev–Trinajstić information content (AvgIpc) is 2.57. The van der Waals surface area contributed by atoms with Crippen LogP contribution in [-0.2, 0) is 9.84 Å². The fourth-order valence-electron chi connectivity index (χ4n) is 1.26. The molecule has 92 valence electrons. The normalized spacial score (nSPS) is 12.1. The van der Waals surface area contributed by atoms with Crippen molar-refractivity contribution in [2.75, 3.05) is 23.5 Å². The summed E-state index contributed by atoms with van der Waals surface area (Å²) in [6.45, 7) is 0. The minimum atomic E-state index is -2.94. The Balaban J connectivity index is 2.09. The molecule has 0 radical (unpaired) electrons. The van der Waals surface area contributed by atoms with Crippen LogP contribution >= 0.6 is 11.8 Å². The van der Waals surface area contributed by atoms with Crippen LogP contribution in [0.5, 0.6) is 0 Å². The Labute approximate surface area is 103 Å². The minimum Gasteiger partial charge on any atom is -0.431 e. The molecule has 0 aliphatic rings. The first-order valence-corrected chi connectivity index (χ1v) is 7.95. The van der Waals surface area contributed by atoms with E-state index in [1.807, 2.05) is 0 Å². The Hall–Kier alpha value is -1.21. The lowest BCUT2D eigenvalue weighted by Crippen LogP contribution is -2.04. The van der Waals surface area contributed by atoms with Crippen LogP contribution in [0.15, 0.2) is 27.8 Å². The number of oxazole rings is 1. The van der Waals surface area contributed by atoms with Crippen molar-refractivity contribution >= 4 is 38.4 Å². The van der Waals surface area contributed by atoms with Crippen molar-refractivity contribution in [3.63, 3.8) is 0 Å². The zero-order chi connectivity index (χ0) is 12.5. The molecule has 2 rings (SSSR count). The largest absolute Gasteiger partial charge is 0.431 e. The van der Waals surface area contributed by atoms with E-state index in [9.17, 15) is 8.42 Å². The molecule has 0 amide bonds. The van der Waals surface area contributed by atoms with Gasteiger partial charge in [-0.25, -0.2) is 13.4 Å². The van der Waals surface area contributed by atoms with Crippen LogP contribution in [0.25, 0.3) is 11.1 Å². The van der Waals surface area contributed by atoms with Crippen LogP contribution in [0, 0.1) is 0 Å². The fraction of sp³-hybridized carbons (Fsp3) is 0.300. The molecular weight excluding hydrogens is 260 g/mol. The summed E-state index contributed by atoms with van der Waals surface area (Å²) < 4.78 is 27.4. The van der Waals surface area contributed by atoms with Crippen LogP contribution in [-0.4, -0.2) is 31.2 Å². The van der Waals surface area contributed by atoms with Crippen LogP contribution in [0.3, 0.4) is 0 Å². The van der Waals surface area contributed by atoms with E-state index < -0.39 is 9.84 Å². The van der Waals surface area contributed by atoms with Gasteiger partial charge < -0.3 is 10.2 Å². The predicted molar refractivity (Wildman–Crippen MR) is 68.9 cm³/mol. The van der Waals surface area contributed by atoms with Gasteiger partial charge in [0.25, 0.3) is 5.22 Å². The zero-order valence-corrected chi connectivity index (χ0v) is 10.8. The number of aromatic nitrogens is 1. The van der Waals surface area contributed by atoms with Crippen LogP contribution in [0.2, 0.25) is 0 Å². The molecule has 1 aromatic carbocycles. The van der Waals surface area contributed by atoms with Crippen molar-refractivity contribution in [2.45, 2.75) is 5.22 Å². The Bertz CT molecular complexity index is 634. The van der Waals surface area contributed by atoms with Crippen molar-refractivity contribution in [3.05, 3.63) is 18.2 Å². The first kappa shape index (κ1) is 12.3. The number of nitrogens with two attached hydrogens (primary N) is 1. The number of sulfone groups is 1. The van der Waals surface area contributed by atoms with Crippen LogP contribution in [0.1, 0.15) is 0 Å². The third-order valence-electron chi connectivity index (χ3n) is 2.07. The number of hydrogen-bond acceptors (Lipinski definition) is 6. The monoisotopic (exact) mass is 272 g/mol. The number of hydrogen-bond donors (Lipinski definition) is 1. The molecule has 5 nitrogen and oxygen atoms in total. The molecule has 0 fully saturated rings. The second-order valence-corrected chi connectivity index (χ2v) is 6.99. The molecule has 2 aromatic rings. The molecule has 1 aromatic heterocycles. The van der Waals surface area contributed by atoms with Gasteiger partial charge in [-0.1, -0.05) is 11.8 Å². The molecule has 1 heterocycles. The Morgan fingerprint density at radius 3 is 2.94 bits per heavy atom. The van der Waals surface area contributed by atoms with Gasteiger partial charge in [0.15, 0.2) is 5.58 Å². The van der Waals surface area contributed by atoms with E-state index in [1.54, 1.807) is 18.2 Å². The van der Waals surface area contributed by atoms with Gasteiger partial charge in [-0.05, 0) is 12.1 Å². The SMILES string of the molecule is CS(=O)(=O)CCSc1nc2ccc(N)cc2o1. The Morgan fingerprint density at radius 1 is 1.47 bits per heavy atom. The van der Waals surface area contributed by atoms with Crippen LogP contribution in [0.4, 0.5) is 5.69 Å². The highest BCUT2D eigenvalue weighted by Gasteiger charge is 2.08. The first-order valence-electron chi connectivity index (χ1n) is 4.91. The average molecular weight is 272 g/mol. The quantitative estimate of drug-likeness (QED) is 0.671. The molecular formula is C10H12N2O3S2. The van der Waals surface area contributed by atoms with E-state index in [1.165, 1.54) is 18.0 Å². The summed E-state index contributed by atoms with van der Waals surface area (Å²) in [4.78, 5) is 4.22. The molecule has 0 aliphatic carbocycles. The summed E-state index contributed by atoms with van der Waals surface area (Å²) in [5.41, 5.74) is 7.57. The smallest absolute Gasteiger partial charge is 0.256 e. The van der Waals surface area contributed by atoms with Gasteiger partial charge in [0.1, 0.15) is 15.4 Å². The maximum absolute atomic E-state index is 11.0. The number of anilines is 1. The Morgan fingerprint density at radius 2 is 2.24 bits per heavy atom. The lowest BCUT2D eigenvalue weighted by atomic mass is 10.3. The van der Waals surface area contributed by atoms with Gasteiger partial charge >= 0.3 is 0 Å². The van der Waals surface area contributed by atoms with Gasteiger partial charge in [-0.2, -0.15) is 0 Å². The lowest BCUT2D eigenvalue weighted by Gasteiger charge is -1.94. The van der Waals surface area contributed by atoms with E-state index in [4.69, 9.17) is 10.2 Å². The molecule has 0 saturated heterocycles. The van der Waals surface area contributed by atoms with Crippen molar-refractivity contribution in [1.82, 2.24) is 4.98 Å². The summed E-state index contributed by atoms with van der Waals surface area (Å²) in [6, 6.07) is 5.22. The number of fused-ring (bicyclic) bond motifs is 1. The summed E-state index contributed by atoms with van der Waals surface area (Å²) in [6.07, 6.45) is 1.21. The van der Waals surface area contributed by atoms with Gasteiger partial charge in [-0.3, -0.25) is 0 Å². The third-order valence-corrected chi connectivity index (χ3v) is 4.11. The molecule has 0 spiro atoms. The van der Waals surface area contributed by atoms with Crippen LogP contribution < -0.4 is 5.73 Å². The highest BCUT2D eigenvalue weighted by molar-refractivity contribution is 8.00. The second-order valence-electron chi connectivity index (χ2n) is 3.69. The fourth-order valence-corrected chi connectivity index (χ4v) is 3.29. The maximum Gasteiger partial charge on any atom is 0.256 e. The molecule has 0 saturated carbocycles. The number of rotatable bonds is 4. The predicted octanol–water partition coefficient (Wildman–Crippen LogP) is 1.55. The Kier molecular flexibility index (Phi) is 3.30.